The van der Waals surface area contributed by atoms with Crippen LogP contribution in [0, 0.1) is 0 Å². The molecule has 80 valence electrons. The molecule has 0 radical (unpaired) electrons. The largest absolute Gasteiger partial charge is 0.461 e. The number of nitrogens with two attached hydrogens (primary N) is 1. The molecule has 0 spiro atoms. The van der Waals surface area contributed by atoms with Crippen molar-refractivity contribution in [1.29, 1.82) is 0 Å². The van der Waals surface area contributed by atoms with Gasteiger partial charge in [-0.2, -0.15) is 4.98 Å². The van der Waals surface area contributed by atoms with E-state index in [-0.39, 0.29) is 17.4 Å². The van der Waals surface area contributed by atoms with Gasteiger partial charge in [0.1, 0.15) is 0 Å². The molecule has 0 aliphatic heterocycles. The molecule has 0 aliphatic rings. The minimum Gasteiger partial charge on any atom is -0.461 e. The van der Waals surface area contributed by atoms with E-state index in [0.717, 1.165) is 0 Å². The first-order valence-electron chi connectivity index (χ1n) is 4.30. The van der Waals surface area contributed by atoms with Gasteiger partial charge in [0.15, 0.2) is 5.76 Å². The lowest BCUT2D eigenvalue weighted by atomic mass is 10.4. The van der Waals surface area contributed by atoms with Gasteiger partial charge in [0.2, 0.25) is 17.3 Å². The fourth-order valence-corrected chi connectivity index (χ4v) is 1.17. The van der Waals surface area contributed by atoms with E-state index in [4.69, 9.17) is 14.7 Å². The van der Waals surface area contributed by atoms with Crippen molar-refractivity contribution < 1.29 is 13.6 Å². The van der Waals surface area contributed by atoms with Gasteiger partial charge in [-0.25, -0.2) is 4.63 Å². The molecular formula is C8H5N5O3. The van der Waals surface area contributed by atoms with E-state index in [0.29, 0.717) is 11.6 Å². The Morgan fingerprint density at radius 3 is 2.81 bits per heavy atom. The van der Waals surface area contributed by atoms with E-state index < -0.39 is 0 Å². The summed E-state index contributed by atoms with van der Waals surface area (Å²) in [5, 5.41) is 10.7. The molecule has 3 heterocycles. The van der Waals surface area contributed by atoms with Crippen LogP contribution in [0.2, 0.25) is 0 Å². The van der Waals surface area contributed by atoms with Crippen LogP contribution in [-0.4, -0.2) is 20.5 Å². The monoisotopic (exact) mass is 219 g/mol. The molecule has 0 bridgehead atoms. The summed E-state index contributed by atoms with van der Waals surface area (Å²) >= 11 is 0. The molecule has 16 heavy (non-hydrogen) atoms. The highest BCUT2D eigenvalue weighted by Gasteiger charge is 2.18. The Morgan fingerprint density at radius 1 is 1.19 bits per heavy atom. The summed E-state index contributed by atoms with van der Waals surface area (Å²) in [5.41, 5.74) is 5.70. The molecule has 3 aromatic rings. The lowest BCUT2D eigenvalue weighted by Crippen LogP contribution is -1.88. The van der Waals surface area contributed by atoms with Gasteiger partial charge in [0.05, 0.1) is 6.26 Å². The Labute approximate surface area is 88.0 Å². The van der Waals surface area contributed by atoms with E-state index in [1.54, 1.807) is 12.1 Å². The molecule has 0 saturated heterocycles. The molecule has 3 aromatic heterocycles. The Balaban J connectivity index is 2.03. The van der Waals surface area contributed by atoms with E-state index in [1.807, 2.05) is 0 Å². The number of furan rings is 1. The van der Waals surface area contributed by atoms with Gasteiger partial charge in [0, 0.05) is 0 Å². The second-order valence-electron chi connectivity index (χ2n) is 2.90. The Bertz CT molecular complexity index is 597. The van der Waals surface area contributed by atoms with Gasteiger partial charge in [-0.3, -0.25) is 0 Å². The highest BCUT2D eigenvalue weighted by Crippen LogP contribution is 2.23. The lowest BCUT2D eigenvalue weighted by molar-refractivity contribution is 0.308. The Hall–Kier alpha value is -2.64. The number of aromatic nitrogens is 4. The van der Waals surface area contributed by atoms with E-state index >= 15 is 0 Å². The summed E-state index contributed by atoms with van der Waals surface area (Å²) in [6, 6.07) is 3.43. The summed E-state index contributed by atoms with van der Waals surface area (Å²) < 4.78 is 14.5. The topological polar surface area (TPSA) is 117 Å². The summed E-state index contributed by atoms with van der Waals surface area (Å²) in [6.07, 6.45) is 1.51. The minimum absolute atomic E-state index is 0.0923. The van der Waals surface area contributed by atoms with Crippen LogP contribution >= 0.6 is 0 Å². The molecule has 0 atom stereocenters. The fraction of sp³-hybridized carbons (Fsp3) is 0. The molecule has 0 amide bonds. The van der Waals surface area contributed by atoms with Crippen molar-refractivity contribution in [2.45, 2.75) is 0 Å². The van der Waals surface area contributed by atoms with Crippen LogP contribution in [0.25, 0.3) is 23.2 Å². The number of nitrogens with zero attached hydrogens (tertiary/aromatic N) is 4. The molecule has 0 aromatic carbocycles. The molecule has 2 N–H and O–H groups in total. The van der Waals surface area contributed by atoms with Crippen LogP contribution in [0.4, 0.5) is 5.82 Å². The molecule has 0 unspecified atom stereocenters. The number of rotatable bonds is 2. The number of anilines is 1. The smallest absolute Gasteiger partial charge is 0.284 e. The average Bonchev–Trinajstić information content (AvgIpc) is 2.96. The Morgan fingerprint density at radius 2 is 2.12 bits per heavy atom. The maximum atomic E-state index is 5.48. The second-order valence-corrected chi connectivity index (χ2v) is 2.90. The normalized spacial score (nSPS) is 10.8. The van der Waals surface area contributed by atoms with Crippen molar-refractivity contribution in [2.75, 3.05) is 5.73 Å². The van der Waals surface area contributed by atoms with Gasteiger partial charge in [-0.05, 0) is 22.4 Å². The first-order chi connectivity index (χ1) is 7.84. The standard InChI is InChI=1S/C8H5N5O3/c9-6-5(11-16-12-6)8-10-7(13-15-8)4-2-1-3-14-4/h1-3H,(H2,9,12). The zero-order valence-electron chi connectivity index (χ0n) is 7.82. The highest BCUT2D eigenvalue weighted by atomic mass is 16.6. The first-order valence-corrected chi connectivity index (χ1v) is 4.30. The van der Waals surface area contributed by atoms with Crippen LogP contribution in [0.3, 0.4) is 0 Å². The minimum atomic E-state index is 0.0923. The van der Waals surface area contributed by atoms with Gasteiger partial charge < -0.3 is 14.7 Å². The third kappa shape index (κ3) is 1.24. The van der Waals surface area contributed by atoms with Gasteiger partial charge >= 0.3 is 0 Å². The van der Waals surface area contributed by atoms with Gasteiger partial charge in [-0.1, -0.05) is 5.16 Å². The second kappa shape index (κ2) is 3.19. The predicted molar refractivity (Wildman–Crippen MR) is 49.7 cm³/mol. The molecule has 0 fully saturated rings. The first kappa shape index (κ1) is 8.65. The van der Waals surface area contributed by atoms with Gasteiger partial charge in [0.25, 0.3) is 5.89 Å². The van der Waals surface area contributed by atoms with Crippen molar-refractivity contribution >= 4 is 5.82 Å². The summed E-state index contributed by atoms with van der Waals surface area (Å²) in [4.78, 5) is 4.04. The van der Waals surface area contributed by atoms with Crippen molar-refractivity contribution in [3.05, 3.63) is 18.4 Å². The van der Waals surface area contributed by atoms with Crippen molar-refractivity contribution in [2.24, 2.45) is 0 Å². The zero-order valence-corrected chi connectivity index (χ0v) is 7.82. The van der Waals surface area contributed by atoms with E-state index in [1.165, 1.54) is 6.26 Å². The Kier molecular flexibility index (Phi) is 1.72. The van der Waals surface area contributed by atoms with Crippen LogP contribution < -0.4 is 5.73 Å². The van der Waals surface area contributed by atoms with Crippen molar-refractivity contribution in [3.8, 4) is 23.2 Å². The van der Waals surface area contributed by atoms with Crippen molar-refractivity contribution in [3.63, 3.8) is 0 Å². The fourth-order valence-electron chi connectivity index (χ4n) is 1.17. The van der Waals surface area contributed by atoms with Crippen LogP contribution in [0.15, 0.2) is 32.0 Å². The number of hydrogen-bond donors (Lipinski definition) is 1. The molecular weight excluding hydrogens is 214 g/mol. The molecule has 0 saturated carbocycles. The number of hydrogen-bond acceptors (Lipinski definition) is 8. The third-order valence-electron chi connectivity index (χ3n) is 1.88. The third-order valence-corrected chi connectivity index (χ3v) is 1.88. The summed E-state index contributed by atoms with van der Waals surface area (Å²) in [5.74, 6) is 1.02. The molecule has 8 heteroatoms. The lowest BCUT2D eigenvalue weighted by Gasteiger charge is -1.83. The van der Waals surface area contributed by atoms with E-state index in [2.05, 4.69) is 25.1 Å². The van der Waals surface area contributed by atoms with E-state index in [9.17, 15) is 0 Å². The summed E-state index contributed by atoms with van der Waals surface area (Å²) in [6.45, 7) is 0. The van der Waals surface area contributed by atoms with Gasteiger partial charge in [-0.15, -0.1) is 0 Å². The predicted octanol–water partition coefficient (Wildman–Crippen LogP) is 0.962. The molecule has 8 nitrogen and oxygen atoms in total. The van der Waals surface area contributed by atoms with Crippen LogP contribution in [0.1, 0.15) is 0 Å². The SMILES string of the molecule is Nc1nonc1-c1nc(-c2ccco2)no1. The molecule has 0 aliphatic carbocycles. The quantitative estimate of drug-likeness (QED) is 0.677. The number of nitrogen functional groups attached to an aromatic ring is 1. The zero-order chi connectivity index (χ0) is 11.0. The maximum Gasteiger partial charge on any atom is 0.284 e. The highest BCUT2D eigenvalue weighted by molar-refractivity contribution is 5.62. The maximum absolute atomic E-state index is 5.48. The van der Waals surface area contributed by atoms with Crippen LogP contribution in [0.5, 0.6) is 0 Å². The average molecular weight is 219 g/mol. The van der Waals surface area contributed by atoms with Crippen molar-refractivity contribution in [1.82, 2.24) is 20.5 Å². The van der Waals surface area contributed by atoms with Crippen LogP contribution in [-0.2, 0) is 0 Å². The molecule has 3 rings (SSSR count). The summed E-state index contributed by atoms with van der Waals surface area (Å²) in [7, 11) is 0.